The Labute approximate surface area is 220 Å². The molecule has 0 aliphatic rings. The lowest BCUT2D eigenvalue weighted by molar-refractivity contribution is -0.139. The molecular weight excluding hydrogens is 508 g/mol. The van der Waals surface area contributed by atoms with Crippen LogP contribution in [0.2, 0.25) is 19.1 Å². The molecule has 0 saturated carbocycles. The molecule has 0 unspecified atom stereocenters. The molecule has 0 aliphatic carbocycles. The third-order valence-corrected chi connectivity index (χ3v) is 7.67. The number of rotatable bonds is 13. The minimum Gasteiger partial charge on any atom is -0.480 e. The third-order valence-electron chi connectivity index (χ3n) is 6.09. The number of carboxylic acids is 1. The molecule has 12 nitrogen and oxygen atoms in total. The summed E-state index contributed by atoms with van der Waals surface area (Å²) in [4.78, 5) is 67.9. The van der Waals surface area contributed by atoms with E-state index in [4.69, 9.17) is 5.73 Å². The van der Waals surface area contributed by atoms with Gasteiger partial charge >= 0.3 is 5.97 Å². The van der Waals surface area contributed by atoms with Crippen LogP contribution in [0, 0.1) is 0 Å². The summed E-state index contributed by atoms with van der Waals surface area (Å²) in [6.07, 6.45) is 3.44. The largest absolute Gasteiger partial charge is 0.480 e. The number of anilines is 1. The van der Waals surface area contributed by atoms with Gasteiger partial charge in [-0.25, -0.2) is 4.79 Å². The molecule has 1 atom stereocenters. The zero-order chi connectivity index (χ0) is 27.9. The van der Waals surface area contributed by atoms with Gasteiger partial charge in [-0.1, -0.05) is 12.1 Å². The van der Waals surface area contributed by atoms with E-state index in [1.807, 2.05) is 13.1 Å². The van der Waals surface area contributed by atoms with Gasteiger partial charge in [-0.15, -0.1) is 0 Å². The zero-order valence-corrected chi connectivity index (χ0v) is 22.5. The van der Waals surface area contributed by atoms with E-state index >= 15 is 0 Å². The molecule has 1 aromatic carbocycles. The van der Waals surface area contributed by atoms with Crippen LogP contribution in [0.5, 0.6) is 0 Å². The smallest absolute Gasteiger partial charge is 0.326 e. The number of hydrogen-bond donors (Lipinski definition) is 7. The number of hydrogen-bond acceptors (Lipinski definition) is 7. The van der Waals surface area contributed by atoms with E-state index in [9.17, 15) is 29.1 Å². The van der Waals surface area contributed by atoms with Crippen molar-refractivity contribution in [2.75, 3.05) is 12.3 Å². The second-order valence-electron chi connectivity index (χ2n) is 9.85. The number of nitrogen functional groups attached to an aromatic ring is 1. The Morgan fingerprint density at radius 2 is 1.87 bits per heavy atom. The number of carbonyl (C=O) groups is 3. The summed E-state index contributed by atoms with van der Waals surface area (Å²) < 4.78 is 0. The minimum atomic E-state index is -2.16. The number of aliphatic carboxylic acids is 1. The summed E-state index contributed by atoms with van der Waals surface area (Å²) in [7, 11) is -2.16. The van der Waals surface area contributed by atoms with Crippen molar-refractivity contribution in [3.05, 3.63) is 57.5 Å². The minimum absolute atomic E-state index is 0.0397. The summed E-state index contributed by atoms with van der Waals surface area (Å²) in [6, 6.07) is 6.20. The van der Waals surface area contributed by atoms with Crippen molar-refractivity contribution in [1.82, 2.24) is 25.6 Å². The molecule has 0 fully saturated rings. The average Bonchev–Trinajstić information content (AvgIpc) is 3.25. The van der Waals surface area contributed by atoms with Crippen LogP contribution in [0.1, 0.15) is 40.7 Å². The number of nitrogens with zero attached hydrogens (tertiary/aromatic N) is 1. The predicted octanol–water partition coefficient (Wildman–Crippen LogP) is 1.29. The Kier molecular flexibility index (Phi) is 9.42. The molecule has 2 amide bonds. The van der Waals surface area contributed by atoms with Gasteiger partial charge < -0.3 is 31.3 Å². The summed E-state index contributed by atoms with van der Waals surface area (Å²) >= 11 is 0. The summed E-state index contributed by atoms with van der Waals surface area (Å²) in [6.45, 7) is 4.06. The fraction of sp³-hybridized carbons (Fsp3) is 0.400. The van der Waals surface area contributed by atoms with Crippen molar-refractivity contribution in [2.24, 2.45) is 0 Å². The van der Waals surface area contributed by atoms with Gasteiger partial charge in [0.2, 0.25) is 11.9 Å². The Balaban J connectivity index is 1.50. The van der Waals surface area contributed by atoms with Crippen molar-refractivity contribution in [3.63, 3.8) is 0 Å². The monoisotopic (exact) mass is 542 g/mol. The highest BCUT2D eigenvalue weighted by atomic mass is 28.4. The number of aromatic nitrogens is 3. The standard InChI is InChI=1S/C25H34N6O6Si/c1-38(2,37)13-3-12-27-19(32)11-10-18(24(35)36)29-22(33)16-7-4-15(5-8-16)6-9-17-14-28-21-20(17)23(34)31-25(26)30-21/h4-5,7-8,14,18,37H,3,6,9-13H2,1-2H3,(H,27,32)(H,29,33)(H,35,36)(H4,26,28,30,31,34)/t18-/m0/s1. The van der Waals surface area contributed by atoms with Gasteiger partial charge in [-0.05, 0) is 68.1 Å². The van der Waals surface area contributed by atoms with E-state index in [0.717, 1.165) is 11.1 Å². The molecule has 0 saturated heterocycles. The number of nitrogens with two attached hydrogens (primary N) is 1. The highest BCUT2D eigenvalue weighted by Crippen LogP contribution is 2.16. The lowest BCUT2D eigenvalue weighted by Gasteiger charge is -2.15. The lowest BCUT2D eigenvalue weighted by atomic mass is 10.0. The molecule has 13 heteroatoms. The van der Waals surface area contributed by atoms with Crippen LogP contribution >= 0.6 is 0 Å². The van der Waals surface area contributed by atoms with Gasteiger partial charge in [0.05, 0.1) is 5.39 Å². The van der Waals surface area contributed by atoms with Crippen LogP contribution in [-0.2, 0) is 22.4 Å². The maximum atomic E-state index is 12.6. The number of aromatic amines is 2. The van der Waals surface area contributed by atoms with Crippen molar-refractivity contribution < 1.29 is 24.3 Å². The number of H-pyrrole nitrogens is 2. The molecule has 38 heavy (non-hydrogen) atoms. The summed E-state index contributed by atoms with van der Waals surface area (Å²) in [5.41, 5.74) is 7.70. The Hall–Kier alpha value is -3.97. The first-order valence-electron chi connectivity index (χ1n) is 12.4. The van der Waals surface area contributed by atoms with Gasteiger partial charge in [-0.2, -0.15) is 4.98 Å². The van der Waals surface area contributed by atoms with Crippen LogP contribution in [0.15, 0.2) is 35.3 Å². The Bertz CT molecular complexity index is 1350. The highest BCUT2D eigenvalue weighted by Gasteiger charge is 2.22. The summed E-state index contributed by atoms with van der Waals surface area (Å²) in [5, 5.41) is 15.1. The molecule has 204 valence electrons. The van der Waals surface area contributed by atoms with Gasteiger partial charge in [-0.3, -0.25) is 19.4 Å². The maximum Gasteiger partial charge on any atom is 0.326 e. The average molecular weight is 543 g/mol. The fourth-order valence-electron chi connectivity index (χ4n) is 4.03. The predicted molar refractivity (Wildman–Crippen MR) is 145 cm³/mol. The van der Waals surface area contributed by atoms with Crippen molar-refractivity contribution in [3.8, 4) is 0 Å². The second-order valence-corrected chi connectivity index (χ2v) is 14.0. The van der Waals surface area contributed by atoms with Gasteiger partial charge in [0, 0.05) is 24.7 Å². The van der Waals surface area contributed by atoms with Crippen molar-refractivity contribution in [2.45, 2.75) is 57.3 Å². The molecule has 2 aromatic heterocycles. The molecule has 0 radical (unpaired) electrons. The molecule has 0 bridgehead atoms. The SMILES string of the molecule is C[Si](C)(O)CCCNC(=O)CC[C@H](NC(=O)c1ccc(CCc2c[nH]c3nc(N)[nH]c(=O)c23)cc1)C(=O)O. The van der Waals surface area contributed by atoms with Gasteiger partial charge in [0.15, 0.2) is 8.32 Å². The van der Waals surface area contributed by atoms with Crippen molar-refractivity contribution in [1.29, 1.82) is 0 Å². The second kappa shape index (κ2) is 12.5. The number of benzene rings is 1. The third kappa shape index (κ3) is 8.28. The first kappa shape index (κ1) is 28.6. The van der Waals surface area contributed by atoms with Crippen LogP contribution in [0.3, 0.4) is 0 Å². The first-order valence-corrected chi connectivity index (χ1v) is 15.6. The molecule has 0 spiro atoms. The van der Waals surface area contributed by atoms with Crippen molar-refractivity contribution >= 4 is 43.1 Å². The number of carbonyl (C=O) groups excluding carboxylic acids is 2. The Morgan fingerprint density at radius 1 is 1.16 bits per heavy atom. The normalized spacial score (nSPS) is 12.3. The molecule has 3 rings (SSSR count). The lowest BCUT2D eigenvalue weighted by Crippen LogP contribution is -2.41. The van der Waals surface area contributed by atoms with Crippen LogP contribution in [0.25, 0.3) is 11.0 Å². The van der Waals surface area contributed by atoms with E-state index < -0.39 is 26.2 Å². The van der Waals surface area contributed by atoms with E-state index in [0.29, 0.717) is 48.4 Å². The molecule has 2 heterocycles. The zero-order valence-electron chi connectivity index (χ0n) is 21.5. The van der Waals surface area contributed by atoms with E-state index in [1.54, 1.807) is 30.5 Å². The van der Waals surface area contributed by atoms with Crippen LogP contribution in [0.4, 0.5) is 5.95 Å². The van der Waals surface area contributed by atoms with Crippen LogP contribution in [-0.4, -0.2) is 63.5 Å². The maximum absolute atomic E-state index is 12.6. The number of nitrogens with one attached hydrogen (secondary N) is 4. The van der Waals surface area contributed by atoms with E-state index in [1.165, 1.54) is 0 Å². The summed E-state index contributed by atoms with van der Waals surface area (Å²) in [5.74, 6) is -2.03. The molecular formula is C25H34N6O6Si. The Morgan fingerprint density at radius 3 is 2.53 bits per heavy atom. The molecule has 8 N–H and O–H groups in total. The number of carboxylic acid groups (broad SMARTS) is 1. The van der Waals surface area contributed by atoms with Gasteiger partial charge in [0.1, 0.15) is 11.7 Å². The van der Waals surface area contributed by atoms with Crippen LogP contribution < -0.4 is 21.9 Å². The molecule has 3 aromatic rings. The number of aryl methyl sites for hydroxylation is 2. The number of amides is 2. The molecule has 0 aliphatic heterocycles. The van der Waals surface area contributed by atoms with E-state index in [-0.39, 0.29) is 30.3 Å². The van der Waals surface area contributed by atoms with E-state index in [2.05, 4.69) is 25.6 Å². The van der Waals surface area contributed by atoms with Gasteiger partial charge in [0.25, 0.3) is 11.5 Å². The highest BCUT2D eigenvalue weighted by molar-refractivity contribution is 6.69. The topological polar surface area (TPSA) is 203 Å². The number of fused-ring (bicyclic) bond motifs is 1. The quantitative estimate of drug-likeness (QED) is 0.123. The fourth-order valence-corrected chi connectivity index (χ4v) is 5.07. The first-order chi connectivity index (χ1) is 17.9.